The van der Waals surface area contributed by atoms with Gasteiger partial charge in [0.25, 0.3) is 0 Å². The van der Waals surface area contributed by atoms with Gasteiger partial charge >= 0.3 is 6.03 Å². The highest BCUT2D eigenvalue weighted by Gasteiger charge is 2.22. The summed E-state index contributed by atoms with van der Waals surface area (Å²) in [5.41, 5.74) is 1.07. The van der Waals surface area contributed by atoms with Gasteiger partial charge < -0.3 is 20.9 Å². The summed E-state index contributed by atoms with van der Waals surface area (Å²) in [7, 11) is 0. The third-order valence-corrected chi connectivity index (χ3v) is 5.71. The van der Waals surface area contributed by atoms with Crippen LogP contribution in [0, 0.1) is 0 Å². The molecule has 0 spiro atoms. The Hall–Kier alpha value is -2.61. The molecule has 2 fully saturated rings. The molecule has 0 atom stereocenters. The van der Waals surface area contributed by atoms with E-state index in [0.717, 1.165) is 18.4 Å². The minimum absolute atomic E-state index is 0.00790. The molecule has 8 heteroatoms. The van der Waals surface area contributed by atoms with E-state index in [4.69, 9.17) is 0 Å². The lowest BCUT2D eigenvalue weighted by molar-refractivity contribution is -0.123. The molecule has 8 nitrogen and oxygen atoms in total. The zero-order valence-corrected chi connectivity index (χ0v) is 17.6. The van der Waals surface area contributed by atoms with Crippen molar-refractivity contribution in [2.75, 3.05) is 39.3 Å². The highest BCUT2D eigenvalue weighted by Crippen LogP contribution is 2.17. The largest absolute Gasteiger partial charge is 0.353 e. The summed E-state index contributed by atoms with van der Waals surface area (Å²) in [6.07, 6.45) is 4.80. The number of piperazine rings is 1. The van der Waals surface area contributed by atoms with Gasteiger partial charge in [-0.15, -0.1) is 0 Å². The molecule has 4 amide bonds. The van der Waals surface area contributed by atoms with Gasteiger partial charge in [-0.2, -0.15) is 0 Å². The van der Waals surface area contributed by atoms with Crippen LogP contribution in [0.1, 0.15) is 37.7 Å². The van der Waals surface area contributed by atoms with Gasteiger partial charge in [0.2, 0.25) is 11.8 Å². The second-order valence-corrected chi connectivity index (χ2v) is 8.06. The number of hydrogen-bond donors (Lipinski definition) is 3. The first kappa shape index (κ1) is 22.1. The molecule has 164 valence electrons. The van der Waals surface area contributed by atoms with Gasteiger partial charge in [-0.05, 0) is 18.4 Å². The third-order valence-electron chi connectivity index (χ3n) is 5.71. The summed E-state index contributed by atoms with van der Waals surface area (Å²) < 4.78 is 0. The van der Waals surface area contributed by atoms with E-state index in [2.05, 4.69) is 20.9 Å². The first-order valence-electron chi connectivity index (χ1n) is 11.0. The number of hydrogen-bond acceptors (Lipinski definition) is 4. The zero-order valence-electron chi connectivity index (χ0n) is 17.6. The molecule has 1 aromatic carbocycles. The molecule has 0 radical (unpaired) electrons. The number of nitrogens with zero attached hydrogens (tertiary/aromatic N) is 2. The van der Waals surface area contributed by atoms with Crippen LogP contribution in [0.2, 0.25) is 0 Å². The number of benzene rings is 1. The van der Waals surface area contributed by atoms with Crippen LogP contribution in [-0.2, 0) is 16.1 Å². The Morgan fingerprint density at radius 2 is 1.60 bits per heavy atom. The van der Waals surface area contributed by atoms with E-state index in [1.807, 2.05) is 30.3 Å². The lowest BCUT2D eigenvalue weighted by Crippen LogP contribution is -2.53. The first-order chi connectivity index (χ1) is 14.6. The van der Waals surface area contributed by atoms with Crippen molar-refractivity contribution in [1.82, 2.24) is 25.8 Å². The monoisotopic (exact) mass is 415 g/mol. The van der Waals surface area contributed by atoms with Crippen LogP contribution in [-0.4, -0.2) is 73.0 Å². The van der Waals surface area contributed by atoms with E-state index < -0.39 is 0 Å². The smallest absolute Gasteiger partial charge is 0.317 e. The summed E-state index contributed by atoms with van der Waals surface area (Å²) in [6.45, 7) is 3.68. The van der Waals surface area contributed by atoms with Crippen molar-refractivity contribution in [3.05, 3.63) is 35.9 Å². The Bertz CT molecular complexity index is 698. The van der Waals surface area contributed by atoms with E-state index in [-0.39, 0.29) is 17.8 Å². The number of urea groups is 1. The summed E-state index contributed by atoms with van der Waals surface area (Å²) in [4.78, 5) is 40.2. The molecule has 0 bridgehead atoms. The third kappa shape index (κ3) is 7.33. The van der Waals surface area contributed by atoms with Crippen molar-refractivity contribution >= 4 is 17.8 Å². The lowest BCUT2D eigenvalue weighted by atomic mass is 10.2. The van der Waals surface area contributed by atoms with Crippen LogP contribution in [0.5, 0.6) is 0 Å². The second-order valence-electron chi connectivity index (χ2n) is 8.06. The highest BCUT2D eigenvalue weighted by atomic mass is 16.2. The number of carbonyl (C=O) groups excluding carboxylic acids is 3. The van der Waals surface area contributed by atoms with E-state index >= 15 is 0 Å². The van der Waals surface area contributed by atoms with Crippen LogP contribution in [0.4, 0.5) is 4.79 Å². The summed E-state index contributed by atoms with van der Waals surface area (Å²) in [5.74, 6) is -0.00133. The maximum Gasteiger partial charge on any atom is 0.317 e. The molecular weight excluding hydrogens is 382 g/mol. The molecule has 1 heterocycles. The predicted octanol–water partition coefficient (Wildman–Crippen LogP) is 1.08. The standard InChI is InChI=1S/C22H33N5O3/c28-20(25-19-8-4-5-9-19)10-11-23-22(30)27-14-12-26(13-15-27)17-21(29)24-16-18-6-2-1-3-7-18/h1-3,6-7,19H,4-5,8-17H2,(H,23,30)(H,24,29)(H,25,28). The Morgan fingerprint density at radius 3 is 2.30 bits per heavy atom. The minimum Gasteiger partial charge on any atom is -0.353 e. The number of carbonyl (C=O) groups is 3. The maximum atomic E-state index is 12.3. The summed E-state index contributed by atoms with van der Waals surface area (Å²) in [6, 6.07) is 9.99. The van der Waals surface area contributed by atoms with Gasteiger partial charge in [-0.3, -0.25) is 14.5 Å². The number of nitrogens with one attached hydrogen (secondary N) is 3. The van der Waals surface area contributed by atoms with E-state index in [1.165, 1.54) is 12.8 Å². The van der Waals surface area contributed by atoms with Crippen molar-refractivity contribution in [3.8, 4) is 0 Å². The quantitative estimate of drug-likeness (QED) is 0.592. The van der Waals surface area contributed by atoms with Gasteiger partial charge in [0.15, 0.2) is 0 Å². The van der Waals surface area contributed by atoms with E-state index in [9.17, 15) is 14.4 Å². The summed E-state index contributed by atoms with van der Waals surface area (Å²) >= 11 is 0. The molecular formula is C22H33N5O3. The first-order valence-corrected chi connectivity index (χ1v) is 11.0. The van der Waals surface area contributed by atoms with E-state index in [0.29, 0.717) is 58.3 Å². The molecule has 3 rings (SSSR count). The Kier molecular flexibility index (Phi) is 8.50. The number of rotatable bonds is 8. The van der Waals surface area contributed by atoms with Crippen molar-refractivity contribution in [3.63, 3.8) is 0 Å². The highest BCUT2D eigenvalue weighted by molar-refractivity contribution is 5.79. The van der Waals surface area contributed by atoms with Gasteiger partial charge in [0.1, 0.15) is 0 Å². The van der Waals surface area contributed by atoms with Gasteiger partial charge in [0.05, 0.1) is 6.54 Å². The lowest BCUT2D eigenvalue weighted by Gasteiger charge is -2.34. The fourth-order valence-corrected chi connectivity index (χ4v) is 3.93. The SMILES string of the molecule is O=C(CN1CCN(C(=O)NCCC(=O)NC2CCCC2)CC1)NCc1ccccc1. The zero-order chi connectivity index (χ0) is 21.2. The maximum absolute atomic E-state index is 12.3. The van der Waals surface area contributed by atoms with Crippen molar-refractivity contribution in [2.24, 2.45) is 0 Å². The molecule has 1 aliphatic heterocycles. The Morgan fingerprint density at radius 1 is 0.900 bits per heavy atom. The molecule has 1 aromatic rings. The molecule has 2 aliphatic rings. The minimum atomic E-state index is -0.142. The predicted molar refractivity (Wildman–Crippen MR) is 115 cm³/mol. The topological polar surface area (TPSA) is 93.8 Å². The molecule has 3 N–H and O–H groups in total. The van der Waals surface area contributed by atoms with E-state index in [1.54, 1.807) is 4.90 Å². The second kappa shape index (κ2) is 11.5. The molecule has 1 aliphatic carbocycles. The van der Waals surface area contributed by atoms with Crippen LogP contribution in [0.15, 0.2) is 30.3 Å². The van der Waals surface area contributed by atoms with Gasteiger partial charge in [-0.25, -0.2) is 4.79 Å². The van der Waals surface area contributed by atoms with Crippen LogP contribution < -0.4 is 16.0 Å². The molecule has 0 aromatic heterocycles. The molecule has 1 saturated heterocycles. The fourth-order valence-electron chi connectivity index (χ4n) is 3.93. The molecule has 30 heavy (non-hydrogen) atoms. The van der Waals surface area contributed by atoms with Crippen molar-refractivity contribution in [2.45, 2.75) is 44.7 Å². The molecule has 1 saturated carbocycles. The van der Waals surface area contributed by atoms with Crippen LogP contribution in [0.25, 0.3) is 0 Å². The van der Waals surface area contributed by atoms with Gasteiger partial charge in [0, 0.05) is 51.7 Å². The van der Waals surface area contributed by atoms with Gasteiger partial charge in [-0.1, -0.05) is 43.2 Å². The average molecular weight is 416 g/mol. The Balaban J connectivity index is 1.26. The fraction of sp³-hybridized carbons (Fsp3) is 0.591. The average Bonchev–Trinajstić information content (AvgIpc) is 3.26. The van der Waals surface area contributed by atoms with Crippen LogP contribution >= 0.6 is 0 Å². The van der Waals surface area contributed by atoms with Crippen molar-refractivity contribution in [1.29, 1.82) is 0 Å². The number of amides is 4. The summed E-state index contributed by atoms with van der Waals surface area (Å²) in [5, 5.41) is 8.79. The van der Waals surface area contributed by atoms with Crippen LogP contribution in [0.3, 0.4) is 0 Å². The normalized spacial score (nSPS) is 17.5. The van der Waals surface area contributed by atoms with Crippen molar-refractivity contribution < 1.29 is 14.4 Å². The molecule has 0 unspecified atom stereocenters. The Labute approximate surface area is 178 Å².